The molecule has 3 heterocycles. The number of carbonyl (C=O) groups is 1. The number of halogens is 4. The summed E-state index contributed by atoms with van der Waals surface area (Å²) in [6.07, 6.45) is -1.93. The van der Waals surface area contributed by atoms with Crippen molar-refractivity contribution in [2.24, 2.45) is 0 Å². The van der Waals surface area contributed by atoms with Crippen LogP contribution < -0.4 is 20.3 Å². The number of anilines is 5. The van der Waals surface area contributed by atoms with E-state index in [-0.39, 0.29) is 41.9 Å². The van der Waals surface area contributed by atoms with Gasteiger partial charge in [0.15, 0.2) is 0 Å². The Labute approximate surface area is 202 Å². The SMILES string of the molecule is CN(c1ncccc1CNc1nc(Nc2cc3c(cc2F)NC(=O)C3)ncc1C(F)(F)F)S(C)(=O)=O. The van der Waals surface area contributed by atoms with Crippen LogP contribution in [0.5, 0.6) is 0 Å². The molecule has 1 aromatic carbocycles. The lowest BCUT2D eigenvalue weighted by Gasteiger charge is -2.20. The van der Waals surface area contributed by atoms with Crippen molar-refractivity contribution in [3.63, 3.8) is 0 Å². The minimum atomic E-state index is -4.81. The first-order valence-electron chi connectivity index (χ1n) is 10.3. The average Bonchev–Trinajstić information content (AvgIpc) is 3.15. The maximum absolute atomic E-state index is 14.5. The zero-order valence-corrected chi connectivity index (χ0v) is 19.6. The minimum Gasteiger partial charge on any atom is -0.365 e. The van der Waals surface area contributed by atoms with Crippen molar-refractivity contribution in [3.8, 4) is 0 Å². The van der Waals surface area contributed by atoms with Gasteiger partial charge in [-0.05, 0) is 23.8 Å². The van der Waals surface area contributed by atoms with Gasteiger partial charge < -0.3 is 16.0 Å². The van der Waals surface area contributed by atoms with Crippen LogP contribution in [-0.4, -0.2) is 42.6 Å². The first-order chi connectivity index (χ1) is 16.8. The van der Waals surface area contributed by atoms with Gasteiger partial charge in [-0.1, -0.05) is 6.07 Å². The number of aromatic nitrogens is 3. The van der Waals surface area contributed by atoms with E-state index in [9.17, 15) is 30.8 Å². The van der Waals surface area contributed by atoms with Crippen LogP contribution in [0.3, 0.4) is 0 Å². The molecule has 0 atom stereocenters. The second-order valence-electron chi connectivity index (χ2n) is 7.86. The van der Waals surface area contributed by atoms with E-state index in [1.54, 1.807) is 0 Å². The van der Waals surface area contributed by atoms with Crippen LogP contribution >= 0.6 is 0 Å². The third-order valence-electron chi connectivity index (χ3n) is 5.27. The summed E-state index contributed by atoms with van der Waals surface area (Å²) in [6.45, 7) is -0.260. The Bertz CT molecular complexity index is 1450. The molecule has 3 N–H and O–H groups in total. The van der Waals surface area contributed by atoms with Gasteiger partial charge >= 0.3 is 6.18 Å². The molecule has 36 heavy (non-hydrogen) atoms. The van der Waals surface area contributed by atoms with Crippen LogP contribution in [0.4, 0.5) is 46.5 Å². The number of nitrogens with zero attached hydrogens (tertiary/aromatic N) is 4. The summed E-state index contributed by atoms with van der Waals surface area (Å²) >= 11 is 0. The number of fused-ring (bicyclic) bond motifs is 1. The highest BCUT2D eigenvalue weighted by Gasteiger charge is 2.35. The zero-order chi connectivity index (χ0) is 26.3. The van der Waals surface area contributed by atoms with E-state index in [1.807, 2.05) is 0 Å². The van der Waals surface area contributed by atoms with Crippen molar-refractivity contribution in [1.29, 1.82) is 0 Å². The fourth-order valence-electron chi connectivity index (χ4n) is 3.44. The molecule has 0 fully saturated rings. The number of pyridine rings is 1. The van der Waals surface area contributed by atoms with Gasteiger partial charge in [-0.2, -0.15) is 18.2 Å². The Balaban J connectivity index is 1.64. The van der Waals surface area contributed by atoms with Gasteiger partial charge in [0.05, 0.1) is 18.4 Å². The highest BCUT2D eigenvalue weighted by Crippen LogP contribution is 2.35. The third kappa shape index (κ3) is 5.30. The Hall–Kier alpha value is -4.01. The summed E-state index contributed by atoms with van der Waals surface area (Å²) in [5, 5.41) is 7.59. The van der Waals surface area contributed by atoms with E-state index >= 15 is 0 Å². The molecule has 10 nitrogen and oxygen atoms in total. The highest BCUT2D eigenvalue weighted by atomic mass is 32.2. The van der Waals surface area contributed by atoms with Crippen molar-refractivity contribution < 1.29 is 30.8 Å². The van der Waals surface area contributed by atoms with Crippen molar-refractivity contribution in [2.75, 3.05) is 33.6 Å². The zero-order valence-electron chi connectivity index (χ0n) is 18.8. The van der Waals surface area contributed by atoms with E-state index in [0.717, 1.165) is 16.6 Å². The minimum absolute atomic E-state index is 0.0248. The van der Waals surface area contributed by atoms with Gasteiger partial charge in [0.1, 0.15) is 23.0 Å². The first-order valence-corrected chi connectivity index (χ1v) is 12.1. The number of rotatable bonds is 7. The lowest BCUT2D eigenvalue weighted by molar-refractivity contribution is -0.137. The molecular weight excluding hydrogens is 506 g/mol. The second kappa shape index (κ2) is 9.22. The van der Waals surface area contributed by atoms with Gasteiger partial charge in [0.25, 0.3) is 0 Å². The maximum Gasteiger partial charge on any atom is 0.421 e. The summed E-state index contributed by atoms with van der Waals surface area (Å²) in [5.41, 5.74) is -0.202. The molecule has 1 aliphatic rings. The predicted octanol–water partition coefficient (Wildman–Crippen LogP) is 3.28. The fraction of sp³-hybridized carbons (Fsp3) is 0.238. The molecule has 0 unspecified atom stereocenters. The number of hydrogen-bond donors (Lipinski definition) is 3. The van der Waals surface area contributed by atoms with Crippen molar-refractivity contribution in [2.45, 2.75) is 19.1 Å². The molecule has 0 spiro atoms. The first kappa shape index (κ1) is 25.1. The molecule has 0 saturated heterocycles. The number of hydrogen-bond acceptors (Lipinski definition) is 8. The molecule has 1 amide bonds. The molecule has 0 saturated carbocycles. The Morgan fingerprint density at radius 2 is 1.97 bits per heavy atom. The summed E-state index contributed by atoms with van der Waals surface area (Å²) < 4.78 is 80.0. The highest BCUT2D eigenvalue weighted by molar-refractivity contribution is 7.92. The molecule has 2 aromatic heterocycles. The van der Waals surface area contributed by atoms with Crippen LogP contribution in [0.25, 0.3) is 0 Å². The average molecular weight is 525 g/mol. The van der Waals surface area contributed by atoms with Crippen molar-refractivity contribution in [3.05, 3.63) is 59.2 Å². The standard InChI is InChI=1S/C21H19F4N7O3S/c1-32(36(2,34)35)19-11(4-3-5-26-19)9-27-18-13(21(23,24)25)10-28-20(31-18)30-16-6-12-7-17(33)29-15(12)8-14(16)22/h3-6,8,10H,7,9H2,1-2H3,(H,29,33)(H2,27,28,30,31). The van der Waals surface area contributed by atoms with Crippen LogP contribution in [0, 0.1) is 5.82 Å². The maximum atomic E-state index is 14.5. The Morgan fingerprint density at radius 3 is 2.67 bits per heavy atom. The molecule has 15 heteroatoms. The van der Waals surface area contributed by atoms with Crippen LogP contribution in [0.15, 0.2) is 36.7 Å². The molecule has 0 aliphatic carbocycles. The van der Waals surface area contributed by atoms with Gasteiger partial charge in [-0.15, -0.1) is 0 Å². The van der Waals surface area contributed by atoms with Crippen molar-refractivity contribution >= 4 is 44.9 Å². The van der Waals surface area contributed by atoms with E-state index in [4.69, 9.17) is 0 Å². The number of carbonyl (C=O) groups excluding carboxylic acids is 1. The van der Waals surface area contributed by atoms with Crippen molar-refractivity contribution in [1.82, 2.24) is 15.0 Å². The van der Waals surface area contributed by atoms with Gasteiger partial charge in [-0.3, -0.25) is 9.10 Å². The monoisotopic (exact) mass is 525 g/mol. The predicted molar refractivity (Wildman–Crippen MR) is 124 cm³/mol. The lowest BCUT2D eigenvalue weighted by atomic mass is 10.1. The number of nitrogens with one attached hydrogen (secondary N) is 3. The summed E-state index contributed by atoms with van der Waals surface area (Å²) in [5.74, 6) is -2.00. The van der Waals surface area contributed by atoms with Crippen LogP contribution in [0.2, 0.25) is 0 Å². The number of benzene rings is 1. The number of amides is 1. The summed E-state index contributed by atoms with van der Waals surface area (Å²) in [7, 11) is -2.41. The van der Waals surface area contributed by atoms with Gasteiger partial charge in [-0.25, -0.2) is 22.8 Å². The lowest BCUT2D eigenvalue weighted by Crippen LogP contribution is -2.27. The van der Waals surface area contributed by atoms with E-state index in [0.29, 0.717) is 17.4 Å². The van der Waals surface area contributed by atoms with Crippen LogP contribution in [-0.2, 0) is 34.0 Å². The topological polar surface area (TPSA) is 129 Å². The van der Waals surface area contributed by atoms with E-state index in [1.165, 1.54) is 31.4 Å². The molecule has 190 valence electrons. The molecule has 1 aliphatic heterocycles. The molecular formula is C21H19F4N7O3S. The largest absolute Gasteiger partial charge is 0.421 e. The third-order valence-corrected chi connectivity index (χ3v) is 6.44. The number of alkyl halides is 3. The molecule has 4 rings (SSSR count). The normalized spacial score (nSPS) is 13.2. The van der Waals surface area contributed by atoms with E-state index < -0.39 is 33.4 Å². The van der Waals surface area contributed by atoms with E-state index in [2.05, 4.69) is 30.9 Å². The quantitative estimate of drug-likeness (QED) is 0.401. The van der Waals surface area contributed by atoms with Crippen LogP contribution in [0.1, 0.15) is 16.7 Å². The Kier molecular flexibility index (Phi) is 6.43. The van der Waals surface area contributed by atoms with Gasteiger partial charge in [0, 0.05) is 37.2 Å². The molecule has 0 radical (unpaired) electrons. The Morgan fingerprint density at radius 1 is 1.22 bits per heavy atom. The second-order valence-corrected chi connectivity index (χ2v) is 9.88. The smallest absolute Gasteiger partial charge is 0.365 e. The number of sulfonamides is 1. The summed E-state index contributed by atoms with van der Waals surface area (Å²) in [4.78, 5) is 23.1. The molecule has 0 bridgehead atoms. The fourth-order valence-corrected chi connectivity index (χ4v) is 3.91. The van der Waals surface area contributed by atoms with Gasteiger partial charge in [0.2, 0.25) is 21.9 Å². The molecule has 3 aromatic rings. The summed E-state index contributed by atoms with van der Waals surface area (Å²) in [6, 6.07) is 5.44.